The second kappa shape index (κ2) is 7.04. The van der Waals surface area contributed by atoms with Crippen molar-refractivity contribution in [2.45, 2.75) is 20.0 Å². The third-order valence-electron chi connectivity index (χ3n) is 2.28. The lowest BCUT2D eigenvalue weighted by Gasteiger charge is -2.04. The highest BCUT2D eigenvalue weighted by Gasteiger charge is 2.13. The number of rotatable bonds is 6. The predicted octanol–water partition coefficient (Wildman–Crippen LogP) is 1.47. The third-order valence-corrected chi connectivity index (χ3v) is 2.76. The highest BCUT2D eigenvalue weighted by atomic mass is 35.5. The van der Waals surface area contributed by atoms with Crippen molar-refractivity contribution in [1.82, 2.24) is 9.78 Å². The Balaban J connectivity index is 2.36. The topological polar surface area (TPSA) is 53.4 Å². The van der Waals surface area contributed by atoms with Gasteiger partial charge in [-0.05, 0) is 6.92 Å². The number of terminal acetylenes is 1. The first-order valence-electron chi connectivity index (χ1n) is 5.41. The first-order chi connectivity index (χ1) is 8.56. The van der Waals surface area contributed by atoms with Gasteiger partial charge in [0.25, 0.3) is 0 Å². The van der Waals surface area contributed by atoms with Crippen LogP contribution >= 0.6 is 11.6 Å². The molecular weight excluding hydrogens is 256 g/mol. The zero-order valence-electron chi connectivity index (χ0n) is 10.4. The fraction of sp³-hybridized carbons (Fsp3) is 0.500. The van der Waals surface area contributed by atoms with Gasteiger partial charge >= 0.3 is 5.97 Å². The minimum atomic E-state index is -0.355. The van der Waals surface area contributed by atoms with Crippen molar-refractivity contribution in [3.63, 3.8) is 0 Å². The molecule has 0 fully saturated rings. The minimum Gasteiger partial charge on any atom is -0.461 e. The number of halogens is 1. The van der Waals surface area contributed by atoms with E-state index in [-0.39, 0.29) is 32.2 Å². The molecule has 0 aliphatic heterocycles. The summed E-state index contributed by atoms with van der Waals surface area (Å²) in [5.74, 6) is 1.96. The van der Waals surface area contributed by atoms with Crippen LogP contribution < -0.4 is 0 Å². The van der Waals surface area contributed by atoms with Crippen LogP contribution in [0.2, 0.25) is 5.15 Å². The molecule has 0 atom stereocenters. The largest absolute Gasteiger partial charge is 0.461 e. The Bertz CT molecular complexity index is 463. The molecule has 0 amide bonds. The van der Waals surface area contributed by atoms with Gasteiger partial charge in [-0.2, -0.15) is 5.10 Å². The fourth-order valence-corrected chi connectivity index (χ4v) is 1.58. The molecule has 1 aromatic rings. The normalized spacial score (nSPS) is 10.1. The summed E-state index contributed by atoms with van der Waals surface area (Å²) < 4.78 is 11.6. The van der Waals surface area contributed by atoms with Crippen LogP contribution in [-0.4, -0.2) is 29.0 Å². The van der Waals surface area contributed by atoms with E-state index in [9.17, 15) is 4.79 Å². The second-order valence-corrected chi connectivity index (χ2v) is 4.00. The van der Waals surface area contributed by atoms with Crippen LogP contribution in [0, 0.1) is 19.3 Å². The summed E-state index contributed by atoms with van der Waals surface area (Å²) in [6.45, 7) is 2.38. The van der Waals surface area contributed by atoms with E-state index in [1.165, 1.54) is 4.68 Å². The maximum atomic E-state index is 11.4. The van der Waals surface area contributed by atoms with E-state index in [0.29, 0.717) is 5.15 Å². The molecule has 5 nitrogen and oxygen atoms in total. The van der Waals surface area contributed by atoms with Gasteiger partial charge in [0.05, 0.1) is 18.7 Å². The SMILES string of the molecule is C#CCOCCC(=O)OCc1c(C)nn(C)c1Cl. The Morgan fingerprint density at radius 1 is 1.61 bits per heavy atom. The molecule has 1 heterocycles. The monoisotopic (exact) mass is 270 g/mol. The molecule has 0 spiro atoms. The highest BCUT2D eigenvalue weighted by molar-refractivity contribution is 6.30. The average molecular weight is 271 g/mol. The van der Waals surface area contributed by atoms with Gasteiger partial charge in [-0.25, -0.2) is 0 Å². The molecule has 0 saturated carbocycles. The van der Waals surface area contributed by atoms with Gasteiger partial charge in [0, 0.05) is 12.6 Å². The zero-order valence-corrected chi connectivity index (χ0v) is 11.2. The third kappa shape index (κ3) is 4.06. The predicted molar refractivity (Wildman–Crippen MR) is 67.0 cm³/mol. The molecule has 0 saturated heterocycles. The molecule has 0 aliphatic carbocycles. The second-order valence-electron chi connectivity index (χ2n) is 3.65. The fourth-order valence-electron chi connectivity index (χ4n) is 1.35. The smallest absolute Gasteiger partial charge is 0.308 e. The number of aromatic nitrogens is 2. The first kappa shape index (κ1) is 14.6. The van der Waals surface area contributed by atoms with Crippen molar-refractivity contribution >= 4 is 17.6 Å². The summed E-state index contributed by atoms with van der Waals surface area (Å²) in [4.78, 5) is 11.4. The summed E-state index contributed by atoms with van der Waals surface area (Å²) in [7, 11) is 1.73. The van der Waals surface area contributed by atoms with Crippen molar-refractivity contribution in [2.24, 2.45) is 7.05 Å². The number of carbonyl (C=O) groups excluding carboxylic acids is 1. The number of nitrogens with zero attached hydrogens (tertiary/aromatic N) is 2. The van der Waals surface area contributed by atoms with E-state index < -0.39 is 0 Å². The van der Waals surface area contributed by atoms with E-state index in [1.807, 2.05) is 6.92 Å². The number of ether oxygens (including phenoxy) is 2. The van der Waals surface area contributed by atoms with Gasteiger partial charge in [-0.15, -0.1) is 6.42 Å². The van der Waals surface area contributed by atoms with Gasteiger partial charge in [0.15, 0.2) is 0 Å². The number of carbonyl (C=O) groups is 1. The summed E-state index contributed by atoms with van der Waals surface area (Å²) in [6, 6.07) is 0. The van der Waals surface area contributed by atoms with Gasteiger partial charge in [-0.1, -0.05) is 17.5 Å². The highest BCUT2D eigenvalue weighted by Crippen LogP contribution is 2.19. The molecule has 1 aromatic heterocycles. The molecule has 0 radical (unpaired) electrons. The maximum Gasteiger partial charge on any atom is 0.308 e. The lowest BCUT2D eigenvalue weighted by Crippen LogP contribution is -2.09. The molecule has 0 N–H and O–H groups in total. The molecule has 98 valence electrons. The summed E-state index contributed by atoms with van der Waals surface area (Å²) in [5, 5.41) is 4.60. The van der Waals surface area contributed by atoms with Crippen LogP contribution in [0.4, 0.5) is 0 Å². The minimum absolute atomic E-state index is 0.118. The molecule has 6 heteroatoms. The Labute approximate surface area is 111 Å². The van der Waals surface area contributed by atoms with Crippen molar-refractivity contribution < 1.29 is 14.3 Å². The molecule has 0 bridgehead atoms. The van der Waals surface area contributed by atoms with Gasteiger partial charge in [-0.3, -0.25) is 9.48 Å². The van der Waals surface area contributed by atoms with Crippen LogP contribution in [0.25, 0.3) is 0 Å². The van der Waals surface area contributed by atoms with E-state index in [2.05, 4.69) is 11.0 Å². The van der Waals surface area contributed by atoms with Crippen LogP contribution in [-0.2, 0) is 27.9 Å². The molecule has 0 unspecified atom stereocenters. The first-order valence-corrected chi connectivity index (χ1v) is 5.78. The van der Waals surface area contributed by atoms with Crippen molar-refractivity contribution in [2.75, 3.05) is 13.2 Å². The summed E-state index contributed by atoms with van der Waals surface area (Å²) in [5.41, 5.74) is 1.47. The average Bonchev–Trinajstić information content (AvgIpc) is 2.57. The Morgan fingerprint density at radius 2 is 2.33 bits per heavy atom. The van der Waals surface area contributed by atoms with Crippen LogP contribution in [0.5, 0.6) is 0 Å². The number of hydrogen-bond acceptors (Lipinski definition) is 4. The number of aryl methyl sites for hydroxylation is 2. The molecule has 18 heavy (non-hydrogen) atoms. The van der Waals surface area contributed by atoms with Crippen molar-refractivity contribution in [1.29, 1.82) is 0 Å². The van der Waals surface area contributed by atoms with Gasteiger partial charge in [0.2, 0.25) is 0 Å². The van der Waals surface area contributed by atoms with Gasteiger partial charge < -0.3 is 9.47 Å². The van der Waals surface area contributed by atoms with Crippen LogP contribution in [0.15, 0.2) is 0 Å². The Hall–Kier alpha value is -1.51. The molecular formula is C12H15ClN2O3. The molecule has 0 aliphatic rings. The van der Waals surface area contributed by atoms with E-state index in [1.54, 1.807) is 7.05 Å². The van der Waals surface area contributed by atoms with Crippen LogP contribution in [0.3, 0.4) is 0 Å². The Morgan fingerprint density at radius 3 is 2.89 bits per heavy atom. The summed E-state index contributed by atoms with van der Waals surface area (Å²) in [6.07, 6.45) is 5.17. The van der Waals surface area contributed by atoms with Crippen LogP contribution in [0.1, 0.15) is 17.7 Å². The quantitative estimate of drug-likeness (QED) is 0.446. The van der Waals surface area contributed by atoms with Crippen molar-refractivity contribution in [3.8, 4) is 12.3 Å². The van der Waals surface area contributed by atoms with E-state index in [0.717, 1.165) is 11.3 Å². The van der Waals surface area contributed by atoms with Gasteiger partial charge in [0.1, 0.15) is 18.4 Å². The van der Waals surface area contributed by atoms with E-state index in [4.69, 9.17) is 27.5 Å². The number of esters is 1. The lowest BCUT2D eigenvalue weighted by molar-refractivity contribution is -0.146. The van der Waals surface area contributed by atoms with E-state index >= 15 is 0 Å². The number of hydrogen-bond donors (Lipinski definition) is 0. The molecule has 1 rings (SSSR count). The zero-order chi connectivity index (χ0) is 13.5. The standard InChI is InChI=1S/C12H15ClN2O3/c1-4-6-17-7-5-11(16)18-8-10-9(2)14-15(3)12(10)13/h1H,5-8H2,2-3H3. The lowest BCUT2D eigenvalue weighted by atomic mass is 10.3. The van der Waals surface area contributed by atoms with Crippen molar-refractivity contribution in [3.05, 3.63) is 16.4 Å². The Kier molecular flexibility index (Phi) is 5.69. The maximum absolute atomic E-state index is 11.4. The molecule has 0 aromatic carbocycles. The summed E-state index contributed by atoms with van der Waals surface area (Å²) >= 11 is 6.01.